The van der Waals surface area contributed by atoms with E-state index in [1.54, 1.807) is 6.20 Å². The number of carbonyl (C=O) groups is 1. The van der Waals surface area contributed by atoms with Gasteiger partial charge in [0.25, 0.3) is 5.91 Å². The number of rotatable bonds is 4. The molecule has 0 aromatic carbocycles. The summed E-state index contributed by atoms with van der Waals surface area (Å²) in [4.78, 5) is 26.6. The Kier molecular flexibility index (Phi) is 3.43. The molecule has 1 unspecified atom stereocenters. The highest BCUT2D eigenvalue weighted by Gasteiger charge is 2.36. The number of imidazole rings is 1. The lowest BCUT2D eigenvalue weighted by atomic mass is 10.2. The summed E-state index contributed by atoms with van der Waals surface area (Å²) < 4.78 is 5.35. The Hall–Kier alpha value is -2.18. The first-order valence-electron chi connectivity index (χ1n) is 8.33. The fourth-order valence-electron chi connectivity index (χ4n) is 3.05. The molecular formula is C16H21N5O2. The number of hydrogen-bond donors (Lipinski definition) is 1. The molecule has 0 bridgehead atoms. The molecule has 0 spiro atoms. The van der Waals surface area contributed by atoms with Crippen LogP contribution in [0.2, 0.25) is 0 Å². The van der Waals surface area contributed by atoms with E-state index in [0.717, 1.165) is 37.4 Å². The van der Waals surface area contributed by atoms with Crippen molar-refractivity contribution in [2.75, 3.05) is 6.54 Å². The van der Waals surface area contributed by atoms with E-state index in [-0.39, 0.29) is 17.9 Å². The van der Waals surface area contributed by atoms with Crippen LogP contribution in [0.4, 0.5) is 0 Å². The molecule has 2 aliphatic rings. The molecule has 3 heterocycles. The first kappa shape index (κ1) is 14.4. The third-order valence-electron chi connectivity index (χ3n) is 4.57. The second-order valence-electron chi connectivity index (χ2n) is 6.76. The van der Waals surface area contributed by atoms with E-state index < -0.39 is 0 Å². The van der Waals surface area contributed by atoms with Crippen molar-refractivity contribution in [1.29, 1.82) is 0 Å². The van der Waals surface area contributed by atoms with Crippen molar-refractivity contribution in [2.45, 2.75) is 57.4 Å². The monoisotopic (exact) mass is 315 g/mol. The van der Waals surface area contributed by atoms with Crippen molar-refractivity contribution in [2.24, 2.45) is 0 Å². The van der Waals surface area contributed by atoms with Crippen molar-refractivity contribution in [3.8, 4) is 0 Å². The van der Waals surface area contributed by atoms with E-state index in [2.05, 4.69) is 20.1 Å². The maximum Gasteiger partial charge on any atom is 0.272 e. The highest BCUT2D eigenvalue weighted by Crippen LogP contribution is 2.40. The van der Waals surface area contributed by atoms with Gasteiger partial charge in [0.1, 0.15) is 11.5 Å². The van der Waals surface area contributed by atoms with E-state index in [0.29, 0.717) is 24.0 Å². The average molecular weight is 315 g/mol. The molecule has 1 amide bonds. The van der Waals surface area contributed by atoms with Gasteiger partial charge in [-0.25, -0.2) is 4.98 Å². The average Bonchev–Trinajstić information content (AvgIpc) is 3.02. The molecule has 1 atom stereocenters. The Morgan fingerprint density at radius 3 is 2.91 bits per heavy atom. The lowest BCUT2D eigenvalue weighted by molar-refractivity contribution is 0.0722. The van der Waals surface area contributed by atoms with Crippen molar-refractivity contribution >= 4 is 5.91 Å². The third-order valence-corrected chi connectivity index (χ3v) is 4.57. The highest BCUT2D eigenvalue weighted by atomic mass is 16.5. The normalized spacial score (nSPS) is 21.3. The summed E-state index contributed by atoms with van der Waals surface area (Å²) in [5, 5.41) is 4.11. The minimum absolute atomic E-state index is 0.0373. The number of nitrogens with one attached hydrogen (secondary N) is 1. The van der Waals surface area contributed by atoms with Gasteiger partial charge in [-0.1, -0.05) is 19.0 Å². The van der Waals surface area contributed by atoms with Crippen LogP contribution in [0, 0.1) is 0 Å². The van der Waals surface area contributed by atoms with Gasteiger partial charge in [-0.15, -0.1) is 0 Å². The number of hydrogen-bond acceptors (Lipinski definition) is 5. The molecule has 1 aliphatic carbocycles. The SMILES string of the molecule is CC(C)c1ncc(C(=O)N2CCCC2c2noc(C3CC3)n2)[nH]1. The molecule has 7 nitrogen and oxygen atoms in total. The van der Waals surface area contributed by atoms with Gasteiger partial charge < -0.3 is 14.4 Å². The zero-order valence-electron chi connectivity index (χ0n) is 13.5. The van der Waals surface area contributed by atoms with Gasteiger partial charge in [0.05, 0.1) is 12.2 Å². The van der Waals surface area contributed by atoms with Crippen LogP contribution in [0.15, 0.2) is 10.7 Å². The molecule has 1 saturated carbocycles. The van der Waals surface area contributed by atoms with Crippen molar-refractivity contribution in [1.82, 2.24) is 25.0 Å². The summed E-state index contributed by atoms with van der Waals surface area (Å²) in [7, 11) is 0. The van der Waals surface area contributed by atoms with Crippen LogP contribution in [-0.2, 0) is 0 Å². The summed E-state index contributed by atoms with van der Waals surface area (Å²) in [6.07, 6.45) is 5.70. The first-order chi connectivity index (χ1) is 11.1. The number of amides is 1. The topological polar surface area (TPSA) is 87.9 Å². The second-order valence-corrected chi connectivity index (χ2v) is 6.76. The second kappa shape index (κ2) is 5.47. The largest absolute Gasteiger partial charge is 0.339 e. The number of aromatic nitrogens is 4. The van der Waals surface area contributed by atoms with Crippen LogP contribution < -0.4 is 0 Å². The lowest BCUT2D eigenvalue weighted by Gasteiger charge is -2.21. The van der Waals surface area contributed by atoms with Crippen LogP contribution in [-0.4, -0.2) is 37.5 Å². The standard InChI is InChI=1S/C16H21N5O2/c1-9(2)13-17-8-11(18-13)16(22)21-7-3-4-12(21)14-19-15(23-20-14)10-5-6-10/h8-10,12H,3-7H2,1-2H3,(H,17,18). The molecule has 23 heavy (non-hydrogen) atoms. The third kappa shape index (κ3) is 2.64. The molecule has 2 fully saturated rings. The smallest absolute Gasteiger partial charge is 0.272 e. The fourth-order valence-corrected chi connectivity index (χ4v) is 3.05. The van der Waals surface area contributed by atoms with Crippen molar-refractivity contribution in [3.05, 3.63) is 29.4 Å². The van der Waals surface area contributed by atoms with E-state index in [1.807, 2.05) is 18.7 Å². The Labute approximate surface area is 134 Å². The first-order valence-corrected chi connectivity index (χ1v) is 8.33. The van der Waals surface area contributed by atoms with Crippen molar-refractivity contribution in [3.63, 3.8) is 0 Å². The molecule has 7 heteroatoms. The molecule has 1 saturated heterocycles. The van der Waals surface area contributed by atoms with Crippen LogP contribution in [0.25, 0.3) is 0 Å². The molecule has 2 aromatic rings. The summed E-state index contributed by atoms with van der Waals surface area (Å²) in [5.74, 6) is 2.86. The molecule has 4 rings (SSSR count). The fraction of sp³-hybridized carbons (Fsp3) is 0.625. The molecule has 2 aromatic heterocycles. The van der Waals surface area contributed by atoms with Gasteiger partial charge in [-0.2, -0.15) is 4.98 Å². The quantitative estimate of drug-likeness (QED) is 0.937. The highest BCUT2D eigenvalue weighted by molar-refractivity contribution is 5.92. The number of nitrogens with zero attached hydrogens (tertiary/aromatic N) is 4. The maximum atomic E-state index is 12.8. The Morgan fingerprint density at radius 2 is 2.22 bits per heavy atom. The predicted molar refractivity (Wildman–Crippen MR) is 82.0 cm³/mol. The van der Waals surface area contributed by atoms with E-state index in [4.69, 9.17) is 4.52 Å². The maximum absolute atomic E-state index is 12.8. The lowest BCUT2D eigenvalue weighted by Crippen LogP contribution is -2.31. The number of carbonyl (C=O) groups excluding carboxylic acids is 1. The van der Waals surface area contributed by atoms with Crippen LogP contribution in [0.3, 0.4) is 0 Å². The van der Waals surface area contributed by atoms with E-state index in [9.17, 15) is 4.79 Å². The van der Waals surface area contributed by atoms with Crippen molar-refractivity contribution < 1.29 is 9.32 Å². The molecular weight excluding hydrogens is 294 g/mol. The molecule has 1 N–H and O–H groups in total. The summed E-state index contributed by atoms with van der Waals surface area (Å²) in [6.45, 7) is 4.81. The van der Waals surface area contributed by atoms with Crippen LogP contribution in [0.5, 0.6) is 0 Å². The summed E-state index contributed by atoms with van der Waals surface area (Å²) in [5.41, 5.74) is 0.534. The van der Waals surface area contributed by atoms with Crippen LogP contribution >= 0.6 is 0 Å². The van der Waals surface area contributed by atoms with Gasteiger partial charge in [-0.05, 0) is 25.7 Å². The Balaban J connectivity index is 1.54. The molecule has 122 valence electrons. The van der Waals surface area contributed by atoms with Crippen LogP contribution in [0.1, 0.15) is 85.4 Å². The van der Waals surface area contributed by atoms with Gasteiger partial charge in [-0.3, -0.25) is 4.79 Å². The van der Waals surface area contributed by atoms with E-state index in [1.165, 1.54) is 0 Å². The summed E-state index contributed by atoms with van der Waals surface area (Å²) in [6, 6.07) is -0.0930. The Morgan fingerprint density at radius 1 is 1.39 bits per heavy atom. The zero-order valence-corrected chi connectivity index (χ0v) is 13.5. The Bertz CT molecular complexity index is 716. The number of aromatic amines is 1. The van der Waals surface area contributed by atoms with Gasteiger partial charge in [0.2, 0.25) is 5.89 Å². The zero-order chi connectivity index (χ0) is 16.0. The minimum Gasteiger partial charge on any atom is -0.339 e. The van der Waals surface area contributed by atoms with Gasteiger partial charge >= 0.3 is 0 Å². The molecule has 1 aliphatic heterocycles. The minimum atomic E-state index is -0.0930. The van der Waals surface area contributed by atoms with Gasteiger partial charge in [0, 0.05) is 18.4 Å². The number of likely N-dealkylation sites (tertiary alicyclic amines) is 1. The predicted octanol–water partition coefficient (Wildman–Crippen LogP) is 2.77. The van der Waals surface area contributed by atoms with Gasteiger partial charge in [0.15, 0.2) is 5.82 Å². The summed E-state index contributed by atoms with van der Waals surface area (Å²) >= 11 is 0. The number of H-pyrrole nitrogens is 1. The van der Waals surface area contributed by atoms with E-state index >= 15 is 0 Å². The molecule has 0 radical (unpaired) electrons.